The number of carbonyl (C=O) groups excluding carboxylic acids is 2. The minimum atomic E-state index is -0.516. The zero-order chi connectivity index (χ0) is 24.4. The Hall–Kier alpha value is -4.38. The van der Waals surface area contributed by atoms with Gasteiger partial charge in [0.05, 0.1) is 11.1 Å². The molecule has 0 saturated carbocycles. The average Bonchev–Trinajstić information content (AvgIpc) is 2.90. The molecule has 1 heterocycles. The van der Waals surface area contributed by atoms with Crippen molar-refractivity contribution in [3.8, 4) is 22.6 Å². The first-order valence-corrected chi connectivity index (χ1v) is 11.6. The molecule has 0 fully saturated rings. The SMILES string of the molecule is CCc1cccc2c1N(C)Cc1cc(OC(=O)c3ccccc3)c(OC(=O)c3ccccc3)cc1-2. The molecule has 1 aliphatic rings. The number of rotatable bonds is 5. The van der Waals surface area contributed by atoms with E-state index in [-0.39, 0.29) is 11.5 Å². The van der Waals surface area contributed by atoms with Crippen LogP contribution < -0.4 is 14.4 Å². The summed E-state index contributed by atoms with van der Waals surface area (Å²) >= 11 is 0. The van der Waals surface area contributed by atoms with E-state index < -0.39 is 11.9 Å². The van der Waals surface area contributed by atoms with Gasteiger partial charge in [0.1, 0.15) is 0 Å². The van der Waals surface area contributed by atoms with Gasteiger partial charge in [0.15, 0.2) is 11.5 Å². The molecule has 0 radical (unpaired) electrons. The summed E-state index contributed by atoms with van der Waals surface area (Å²) in [6, 6.07) is 27.4. The Morgan fingerprint density at radius 3 is 1.89 bits per heavy atom. The molecule has 174 valence electrons. The molecule has 0 N–H and O–H groups in total. The Bertz CT molecular complexity index is 1400. The Morgan fingerprint density at radius 2 is 1.31 bits per heavy atom. The summed E-state index contributed by atoms with van der Waals surface area (Å²) in [5.41, 5.74) is 6.26. The van der Waals surface area contributed by atoms with Crippen LogP contribution in [0.1, 0.15) is 38.8 Å². The van der Waals surface area contributed by atoms with Gasteiger partial charge in [0, 0.05) is 24.8 Å². The van der Waals surface area contributed by atoms with Crippen molar-refractivity contribution in [3.63, 3.8) is 0 Å². The molecule has 0 bridgehead atoms. The molecule has 0 unspecified atom stereocenters. The monoisotopic (exact) mass is 463 g/mol. The first kappa shape index (κ1) is 22.4. The molecule has 4 aromatic carbocycles. The number of hydrogen-bond acceptors (Lipinski definition) is 5. The lowest BCUT2D eigenvalue weighted by Gasteiger charge is -2.32. The molecule has 35 heavy (non-hydrogen) atoms. The van der Waals surface area contributed by atoms with Gasteiger partial charge in [-0.3, -0.25) is 0 Å². The minimum absolute atomic E-state index is 0.208. The molecule has 0 aromatic heterocycles. The average molecular weight is 464 g/mol. The van der Waals surface area contributed by atoms with Crippen LogP contribution in [0.15, 0.2) is 91.0 Å². The summed E-state index contributed by atoms with van der Waals surface area (Å²) in [6.07, 6.45) is 0.908. The normalized spacial score (nSPS) is 11.9. The van der Waals surface area contributed by atoms with E-state index in [0.717, 1.165) is 28.8 Å². The molecule has 1 aliphatic heterocycles. The number of carbonyl (C=O) groups is 2. The van der Waals surface area contributed by atoms with Crippen LogP contribution in [-0.4, -0.2) is 19.0 Å². The fourth-order valence-corrected chi connectivity index (χ4v) is 4.49. The lowest BCUT2D eigenvalue weighted by molar-refractivity contribution is 0.0682. The van der Waals surface area contributed by atoms with Gasteiger partial charge >= 0.3 is 11.9 Å². The zero-order valence-corrected chi connectivity index (χ0v) is 19.7. The van der Waals surface area contributed by atoms with Crippen LogP contribution >= 0.6 is 0 Å². The van der Waals surface area contributed by atoms with Crippen molar-refractivity contribution < 1.29 is 19.1 Å². The van der Waals surface area contributed by atoms with Crippen LogP contribution in [0.25, 0.3) is 11.1 Å². The highest BCUT2D eigenvalue weighted by Gasteiger charge is 2.26. The second-order valence-corrected chi connectivity index (χ2v) is 8.49. The van der Waals surface area contributed by atoms with Crippen LogP contribution in [0.4, 0.5) is 5.69 Å². The summed E-state index contributed by atoms with van der Waals surface area (Å²) in [7, 11) is 2.06. The van der Waals surface area contributed by atoms with E-state index in [2.05, 4.69) is 31.0 Å². The van der Waals surface area contributed by atoms with Crippen molar-refractivity contribution in [2.75, 3.05) is 11.9 Å². The lowest BCUT2D eigenvalue weighted by Crippen LogP contribution is -2.23. The summed E-state index contributed by atoms with van der Waals surface area (Å²) in [6.45, 7) is 2.78. The van der Waals surface area contributed by atoms with Crippen molar-refractivity contribution in [2.24, 2.45) is 0 Å². The predicted molar refractivity (Wildman–Crippen MR) is 136 cm³/mol. The number of nitrogens with zero attached hydrogens (tertiary/aromatic N) is 1. The molecule has 4 aromatic rings. The Balaban J connectivity index is 1.60. The van der Waals surface area contributed by atoms with Gasteiger partial charge in [-0.15, -0.1) is 0 Å². The minimum Gasteiger partial charge on any atom is -0.419 e. The van der Waals surface area contributed by atoms with E-state index in [0.29, 0.717) is 17.7 Å². The number of benzene rings is 4. The van der Waals surface area contributed by atoms with E-state index in [4.69, 9.17) is 9.47 Å². The first-order chi connectivity index (χ1) is 17.0. The summed E-state index contributed by atoms with van der Waals surface area (Å²) in [5.74, 6) is -0.608. The number of hydrogen-bond donors (Lipinski definition) is 0. The number of fused-ring (bicyclic) bond motifs is 3. The molecule has 5 heteroatoms. The van der Waals surface area contributed by atoms with Gasteiger partial charge < -0.3 is 14.4 Å². The fraction of sp³-hybridized carbons (Fsp3) is 0.133. The van der Waals surface area contributed by atoms with Crippen LogP contribution in [0.5, 0.6) is 11.5 Å². The maximum atomic E-state index is 12.9. The summed E-state index contributed by atoms with van der Waals surface area (Å²) in [5, 5.41) is 0. The van der Waals surface area contributed by atoms with Gasteiger partial charge in [-0.25, -0.2) is 9.59 Å². The largest absolute Gasteiger partial charge is 0.419 e. The summed E-state index contributed by atoms with van der Waals surface area (Å²) < 4.78 is 11.6. The number of anilines is 1. The third-order valence-corrected chi connectivity index (χ3v) is 6.17. The molecule has 5 nitrogen and oxygen atoms in total. The molecular formula is C30H25NO4. The van der Waals surface area contributed by atoms with E-state index in [9.17, 15) is 9.59 Å². The molecule has 0 aliphatic carbocycles. The van der Waals surface area contributed by atoms with Gasteiger partial charge in [-0.05, 0) is 59.5 Å². The summed E-state index contributed by atoms with van der Waals surface area (Å²) in [4.78, 5) is 28.0. The van der Waals surface area contributed by atoms with E-state index >= 15 is 0 Å². The van der Waals surface area contributed by atoms with Crippen LogP contribution in [0.2, 0.25) is 0 Å². The van der Waals surface area contributed by atoms with Gasteiger partial charge in [-0.1, -0.05) is 61.5 Å². The maximum Gasteiger partial charge on any atom is 0.343 e. The second kappa shape index (κ2) is 9.47. The highest BCUT2D eigenvalue weighted by atomic mass is 16.6. The number of para-hydroxylation sites is 1. The fourth-order valence-electron chi connectivity index (χ4n) is 4.49. The highest BCUT2D eigenvalue weighted by Crippen LogP contribution is 2.45. The standard InChI is InChI=1S/C30H25NO4/c1-3-20-15-10-16-24-25-18-27(35-30(33)22-13-8-5-9-14-22)26(17-23(25)19-31(2)28(20)24)34-29(32)21-11-6-4-7-12-21/h4-18H,3,19H2,1-2H3. The van der Waals surface area contributed by atoms with E-state index in [1.54, 1.807) is 48.5 Å². The molecule has 0 amide bonds. The Labute approximate surface area is 204 Å². The van der Waals surface area contributed by atoms with Crippen molar-refractivity contribution in [1.82, 2.24) is 0 Å². The van der Waals surface area contributed by atoms with Crippen LogP contribution in [-0.2, 0) is 13.0 Å². The Kier molecular flexibility index (Phi) is 6.06. The predicted octanol–water partition coefficient (Wildman–Crippen LogP) is 6.30. The smallest absolute Gasteiger partial charge is 0.343 e. The second-order valence-electron chi connectivity index (χ2n) is 8.49. The van der Waals surface area contributed by atoms with Crippen molar-refractivity contribution in [1.29, 1.82) is 0 Å². The van der Waals surface area contributed by atoms with Gasteiger partial charge in [-0.2, -0.15) is 0 Å². The van der Waals surface area contributed by atoms with E-state index in [1.165, 1.54) is 5.56 Å². The number of esters is 2. The molecule has 5 rings (SSSR count). The van der Waals surface area contributed by atoms with Crippen molar-refractivity contribution in [2.45, 2.75) is 19.9 Å². The maximum absolute atomic E-state index is 12.9. The molecule has 0 spiro atoms. The van der Waals surface area contributed by atoms with Crippen molar-refractivity contribution >= 4 is 17.6 Å². The third-order valence-electron chi connectivity index (χ3n) is 6.17. The highest BCUT2D eigenvalue weighted by molar-refractivity contribution is 5.94. The van der Waals surface area contributed by atoms with Crippen LogP contribution in [0.3, 0.4) is 0 Å². The quantitative estimate of drug-likeness (QED) is 0.257. The molecule has 0 saturated heterocycles. The first-order valence-electron chi connectivity index (χ1n) is 11.6. The van der Waals surface area contributed by atoms with Crippen molar-refractivity contribution in [3.05, 3.63) is 113 Å². The van der Waals surface area contributed by atoms with E-state index in [1.807, 2.05) is 30.3 Å². The topological polar surface area (TPSA) is 55.8 Å². The number of aryl methyl sites for hydroxylation is 1. The van der Waals surface area contributed by atoms with Gasteiger partial charge in [0.25, 0.3) is 0 Å². The van der Waals surface area contributed by atoms with Gasteiger partial charge in [0.2, 0.25) is 0 Å². The third kappa shape index (κ3) is 4.41. The number of ether oxygens (including phenoxy) is 2. The molecular weight excluding hydrogens is 438 g/mol. The molecule has 0 atom stereocenters. The lowest BCUT2D eigenvalue weighted by atomic mass is 9.90. The Morgan fingerprint density at radius 1 is 0.743 bits per heavy atom. The van der Waals surface area contributed by atoms with Crippen LogP contribution in [0, 0.1) is 0 Å². The zero-order valence-electron chi connectivity index (χ0n) is 19.7.